The molecule has 0 unspecified atom stereocenters. The van der Waals surface area contributed by atoms with E-state index in [0.29, 0.717) is 17.9 Å². The Morgan fingerprint density at radius 2 is 1.76 bits per heavy atom. The fourth-order valence-corrected chi connectivity index (χ4v) is 5.47. The van der Waals surface area contributed by atoms with Crippen molar-refractivity contribution in [3.05, 3.63) is 77.9 Å². The smallest absolute Gasteiger partial charge is 0.247 e. The summed E-state index contributed by atoms with van der Waals surface area (Å²) in [4.78, 5) is 0.0338. The lowest BCUT2D eigenvalue weighted by Crippen LogP contribution is -2.42. The highest BCUT2D eigenvalue weighted by Gasteiger charge is 2.39. The van der Waals surface area contributed by atoms with E-state index in [0.717, 1.165) is 5.69 Å². The van der Waals surface area contributed by atoms with E-state index in [2.05, 4.69) is 0 Å². The Hall–Kier alpha value is -2.84. The molecule has 2 aromatic carbocycles. The molecule has 3 aromatic rings. The number of methoxy groups -OCH3 is 2. The number of nitrogens with zero attached hydrogens (tertiary/aromatic N) is 2. The second-order valence-electron chi connectivity index (χ2n) is 6.71. The summed E-state index contributed by atoms with van der Waals surface area (Å²) in [5, 5.41) is 0. The summed E-state index contributed by atoms with van der Waals surface area (Å²) < 4.78 is 54.9. The van der Waals surface area contributed by atoms with Crippen LogP contribution in [0, 0.1) is 5.82 Å². The molecule has 2 heterocycles. The van der Waals surface area contributed by atoms with Crippen LogP contribution in [0.2, 0.25) is 0 Å². The van der Waals surface area contributed by atoms with Gasteiger partial charge in [0.05, 0.1) is 20.3 Å². The van der Waals surface area contributed by atoms with Gasteiger partial charge in [-0.15, -0.1) is 0 Å². The molecular formula is C21H21FN2O4S. The number of halogens is 1. The van der Waals surface area contributed by atoms with Gasteiger partial charge in [-0.05, 0) is 42.0 Å². The molecule has 29 heavy (non-hydrogen) atoms. The van der Waals surface area contributed by atoms with E-state index >= 15 is 0 Å². The summed E-state index contributed by atoms with van der Waals surface area (Å²) in [5.41, 5.74) is 1.52. The van der Waals surface area contributed by atoms with E-state index in [-0.39, 0.29) is 23.0 Å². The molecule has 1 aromatic heterocycles. The van der Waals surface area contributed by atoms with Crippen LogP contribution in [0.3, 0.4) is 0 Å². The summed E-state index contributed by atoms with van der Waals surface area (Å²) in [7, 11) is -1.03. The van der Waals surface area contributed by atoms with Crippen molar-refractivity contribution in [2.75, 3.05) is 20.8 Å². The van der Waals surface area contributed by atoms with Gasteiger partial charge in [0.15, 0.2) is 0 Å². The zero-order valence-corrected chi connectivity index (χ0v) is 16.9. The van der Waals surface area contributed by atoms with Crippen molar-refractivity contribution in [2.24, 2.45) is 0 Å². The van der Waals surface area contributed by atoms with Crippen LogP contribution in [0.5, 0.6) is 11.5 Å². The Kier molecular flexibility index (Phi) is 5.06. The first-order chi connectivity index (χ1) is 14.0. The third-order valence-electron chi connectivity index (χ3n) is 5.14. The quantitative estimate of drug-likeness (QED) is 0.639. The maximum atomic E-state index is 13.7. The number of aromatic nitrogens is 1. The van der Waals surface area contributed by atoms with Gasteiger partial charge in [0, 0.05) is 31.0 Å². The molecule has 0 radical (unpaired) electrons. The predicted molar refractivity (Wildman–Crippen MR) is 106 cm³/mol. The van der Waals surface area contributed by atoms with Gasteiger partial charge in [0.25, 0.3) is 0 Å². The Labute approximate surface area is 169 Å². The fraction of sp³-hybridized carbons (Fsp3) is 0.238. The summed E-state index contributed by atoms with van der Waals surface area (Å²) in [6.45, 7) is 0.790. The van der Waals surface area contributed by atoms with Crippen molar-refractivity contribution in [2.45, 2.75) is 17.5 Å². The molecule has 1 atom stereocenters. The van der Waals surface area contributed by atoms with Crippen LogP contribution in [-0.2, 0) is 16.6 Å². The van der Waals surface area contributed by atoms with Crippen LogP contribution in [0.15, 0.2) is 65.7 Å². The van der Waals surface area contributed by atoms with E-state index in [4.69, 9.17) is 9.47 Å². The molecule has 0 amide bonds. The topological polar surface area (TPSA) is 60.8 Å². The molecule has 0 N–H and O–H groups in total. The molecule has 0 fully saturated rings. The second-order valence-corrected chi connectivity index (χ2v) is 8.57. The van der Waals surface area contributed by atoms with Crippen LogP contribution in [0.4, 0.5) is 4.39 Å². The largest absolute Gasteiger partial charge is 0.497 e. The van der Waals surface area contributed by atoms with E-state index in [1.54, 1.807) is 24.3 Å². The van der Waals surface area contributed by atoms with E-state index in [9.17, 15) is 12.8 Å². The number of hydrogen-bond donors (Lipinski definition) is 0. The number of hydrogen-bond acceptors (Lipinski definition) is 4. The van der Waals surface area contributed by atoms with Crippen molar-refractivity contribution < 1.29 is 22.3 Å². The van der Waals surface area contributed by atoms with Gasteiger partial charge in [-0.1, -0.05) is 12.1 Å². The molecule has 8 heteroatoms. The molecule has 6 nitrogen and oxygen atoms in total. The summed E-state index contributed by atoms with van der Waals surface area (Å²) >= 11 is 0. The van der Waals surface area contributed by atoms with E-state index in [1.165, 1.54) is 36.7 Å². The van der Waals surface area contributed by atoms with Gasteiger partial charge in [0.2, 0.25) is 10.0 Å². The lowest BCUT2D eigenvalue weighted by molar-refractivity contribution is 0.296. The van der Waals surface area contributed by atoms with Crippen LogP contribution in [0.25, 0.3) is 0 Å². The molecular weight excluding hydrogens is 395 g/mol. The van der Waals surface area contributed by atoms with Gasteiger partial charge < -0.3 is 14.0 Å². The average Bonchev–Trinajstić information content (AvgIpc) is 3.22. The molecule has 1 aliphatic rings. The number of benzene rings is 2. The molecule has 0 saturated heterocycles. The highest BCUT2D eigenvalue weighted by molar-refractivity contribution is 7.89. The number of fused-ring (bicyclic) bond motifs is 1. The van der Waals surface area contributed by atoms with Gasteiger partial charge >= 0.3 is 0 Å². The highest BCUT2D eigenvalue weighted by atomic mass is 32.2. The van der Waals surface area contributed by atoms with E-state index < -0.39 is 16.1 Å². The minimum absolute atomic E-state index is 0.0338. The second kappa shape index (κ2) is 7.53. The first kappa shape index (κ1) is 19.5. The van der Waals surface area contributed by atoms with Gasteiger partial charge in [-0.2, -0.15) is 4.31 Å². The summed E-state index contributed by atoms with van der Waals surface area (Å²) in [5.74, 6) is 0.288. The first-order valence-electron chi connectivity index (χ1n) is 9.10. The van der Waals surface area contributed by atoms with Gasteiger partial charge in [-0.3, -0.25) is 0 Å². The predicted octanol–water partition coefficient (Wildman–Crippen LogP) is 3.44. The molecule has 1 aliphatic heterocycles. The monoisotopic (exact) mass is 416 g/mol. The normalized spacial score (nSPS) is 17.0. The maximum absolute atomic E-state index is 13.7. The Balaban J connectivity index is 1.87. The molecule has 0 spiro atoms. The molecule has 0 saturated carbocycles. The number of rotatable bonds is 5. The summed E-state index contributed by atoms with van der Waals surface area (Å²) in [6.07, 6.45) is 1.92. The number of ether oxygens (including phenoxy) is 2. The van der Waals surface area contributed by atoms with Crippen LogP contribution in [0.1, 0.15) is 17.3 Å². The summed E-state index contributed by atoms with van der Waals surface area (Å²) in [6, 6.07) is 13.8. The Morgan fingerprint density at radius 3 is 2.45 bits per heavy atom. The molecule has 4 rings (SSSR count). The van der Waals surface area contributed by atoms with Gasteiger partial charge in [0.1, 0.15) is 22.2 Å². The fourth-order valence-electron chi connectivity index (χ4n) is 3.72. The van der Waals surface area contributed by atoms with Crippen molar-refractivity contribution in [1.82, 2.24) is 8.87 Å². The third kappa shape index (κ3) is 3.38. The minimum Gasteiger partial charge on any atom is -0.497 e. The van der Waals surface area contributed by atoms with Crippen LogP contribution in [-0.4, -0.2) is 38.1 Å². The van der Waals surface area contributed by atoms with Crippen molar-refractivity contribution in [3.8, 4) is 11.5 Å². The molecule has 0 bridgehead atoms. The van der Waals surface area contributed by atoms with Crippen molar-refractivity contribution in [1.29, 1.82) is 0 Å². The average molecular weight is 416 g/mol. The standard InChI is InChI=1S/C21H21FN2O4S/c1-27-17-9-10-19(28-2)20(14-17)29(25,26)24-13-12-23-11-3-4-18(23)21(24)15-5-7-16(22)8-6-15/h3-11,14,21H,12-13H2,1-2H3/t21-/m0/s1. The van der Waals surface area contributed by atoms with Crippen LogP contribution < -0.4 is 9.47 Å². The van der Waals surface area contributed by atoms with Gasteiger partial charge in [-0.25, -0.2) is 12.8 Å². The lowest BCUT2D eigenvalue weighted by atomic mass is 10.0. The number of sulfonamides is 1. The highest BCUT2D eigenvalue weighted by Crippen LogP contribution is 2.39. The Morgan fingerprint density at radius 1 is 1.00 bits per heavy atom. The minimum atomic E-state index is -3.94. The Bertz CT molecular complexity index is 1130. The SMILES string of the molecule is COc1ccc(OC)c(S(=O)(=O)N2CCn3cccc3[C@@H]2c2ccc(F)cc2)c1. The van der Waals surface area contributed by atoms with Crippen molar-refractivity contribution >= 4 is 10.0 Å². The molecule has 152 valence electrons. The lowest BCUT2D eigenvalue weighted by Gasteiger charge is -2.36. The maximum Gasteiger partial charge on any atom is 0.247 e. The van der Waals surface area contributed by atoms with Crippen molar-refractivity contribution in [3.63, 3.8) is 0 Å². The molecule has 0 aliphatic carbocycles. The zero-order chi connectivity index (χ0) is 20.6. The van der Waals surface area contributed by atoms with E-state index in [1.807, 2.05) is 22.9 Å². The zero-order valence-electron chi connectivity index (χ0n) is 16.1. The first-order valence-corrected chi connectivity index (χ1v) is 10.5. The third-order valence-corrected chi connectivity index (χ3v) is 7.02. The van der Waals surface area contributed by atoms with Crippen LogP contribution >= 0.6 is 0 Å².